The molecule has 6 atom stereocenters. The minimum atomic E-state index is -1.02. The molecular weight excluding hydrogens is 448 g/mol. The minimum absolute atomic E-state index is 0.0143. The lowest BCUT2D eigenvalue weighted by molar-refractivity contribution is -0.155. The number of nitrogens with zero attached hydrogens (tertiary/aromatic N) is 2. The van der Waals surface area contributed by atoms with Gasteiger partial charge >= 0.3 is 5.97 Å². The highest BCUT2D eigenvalue weighted by molar-refractivity contribution is 5.98. The molecular formula is C27H42N2O6. The van der Waals surface area contributed by atoms with Gasteiger partial charge in [-0.05, 0) is 51.9 Å². The average molecular weight is 491 g/mol. The highest BCUT2D eigenvalue weighted by Gasteiger charge is 2.75. The van der Waals surface area contributed by atoms with Crippen LogP contribution in [0.1, 0.15) is 65.2 Å². The molecule has 0 aliphatic carbocycles. The molecule has 3 rings (SSSR count). The quantitative estimate of drug-likeness (QED) is 0.215. The largest absolute Gasteiger partial charge is 0.465 e. The van der Waals surface area contributed by atoms with Crippen LogP contribution < -0.4 is 0 Å². The zero-order chi connectivity index (χ0) is 25.6. The zero-order valence-electron chi connectivity index (χ0n) is 21.3. The number of ether oxygens (including phenoxy) is 2. The molecule has 2 amide bonds. The van der Waals surface area contributed by atoms with Crippen molar-refractivity contribution in [2.24, 2.45) is 11.8 Å². The van der Waals surface area contributed by atoms with Crippen molar-refractivity contribution in [3.8, 4) is 0 Å². The third-order valence-electron chi connectivity index (χ3n) is 7.76. The van der Waals surface area contributed by atoms with E-state index in [0.29, 0.717) is 45.2 Å². The first-order chi connectivity index (χ1) is 16.9. The second kappa shape index (κ2) is 12.2. The Morgan fingerprint density at radius 1 is 1.31 bits per heavy atom. The van der Waals surface area contributed by atoms with Crippen LogP contribution in [0.4, 0.5) is 0 Å². The number of allylic oxidation sites excluding steroid dienone is 1. The van der Waals surface area contributed by atoms with Gasteiger partial charge < -0.3 is 24.4 Å². The van der Waals surface area contributed by atoms with Crippen LogP contribution in [-0.2, 0) is 23.9 Å². The van der Waals surface area contributed by atoms with Gasteiger partial charge in [0.2, 0.25) is 11.8 Å². The predicted molar refractivity (Wildman–Crippen MR) is 132 cm³/mol. The Morgan fingerprint density at radius 3 is 2.74 bits per heavy atom. The monoisotopic (exact) mass is 490 g/mol. The zero-order valence-corrected chi connectivity index (χ0v) is 21.3. The summed E-state index contributed by atoms with van der Waals surface area (Å²) in [7, 11) is 0. The number of likely N-dealkylation sites (tertiary alicyclic amines) is 1. The summed E-state index contributed by atoms with van der Waals surface area (Å²) in [6.45, 7) is 12.6. The van der Waals surface area contributed by atoms with Crippen molar-refractivity contribution < 1.29 is 29.0 Å². The highest BCUT2D eigenvalue weighted by atomic mass is 16.6. The van der Waals surface area contributed by atoms with E-state index in [1.54, 1.807) is 22.0 Å². The van der Waals surface area contributed by atoms with Crippen LogP contribution in [0.15, 0.2) is 25.3 Å². The Morgan fingerprint density at radius 2 is 2.09 bits per heavy atom. The number of esters is 1. The van der Waals surface area contributed by atoms with Gasteiger partial charge in [-0.1, -0.05) is 25.5 Å². The van der Waals surface area contributed by atoms with Gasteiger partial charge in [-0.2, -0.15) is 0 Å². The Hall–Kier alpha value is -2.19. The molecule has 0 radical (unpaired) electrons. The second-order valence-electron chi connectivity index (χ2n) is 10.0. The summed E-state index contributed by atoms with van der Waals surface area (Å²) in [5, 5.41) is 9.29. The van der Waals surface area contributed by atoms with E-state index in [9.17, 15) is 19.5 Å². The number of hydrogen-bond acceptors (Lipinski definition) is 6. The number of hydrogen-bond donors (Lipinski definition) is 1. The number of fused-ring (bicyclic) bond motifs is 1. The van der Waals surface area contributed by atoms with Gasteiger partial charge in [-0.15, -0.1) is 13.2 Å². The van der Waals surface area contributed by atoms with Crippen molar-refractivity contribution in [2.75, 3.05) is 26.3 Å². The number of amides is 2. The Kier molecular flexibility index (Phi) is 9.53. The molecule has 0 aromatic heterocycles. The van der Waals surface area contributed by atoms with E-state index in [4.69, 9.17) is 9.47 Å². The summed E-state index contributed by atoms with van der Waals surface area (Å²) in [4.78, 5) is 44.5. The summed E-state index contributed by atoms with van der Waals surface area (Å²) in [5.41, 5.74) is -1.02. The summed E-state index contributed by atoms with van der Waals surface area (Å²) in [6.07, 6.45) is 8.55. The Labute approximate surface area is 209 Å². The minimum Gasteiger partial charge on any atom is -0.465 e. The molecule has 3 saturated heterocycles. The van der Waals surface area contributed by atoms with Crippen LogP contribution in [-0.4, -0.2) is 82.8 Å². The summed E-state index contributed by atoms with van der Waals surface area (Å²) in [6, 6.07) is -0.805. The van der Waals surface area contributed by atoms with Crippen LogP contribution >= 0.6 is 0 Å². The van der Waals surface area contributed by atoms with Gasteiger partial charge in [-0.25, -0.2) is 0 Å². The number of aliphatic hydroxyl groups is 1. The van der Waals surface area contributed by atoms with Crippen LogP contribution in [0, 0.1) is 11.8 Å². The maximum Gasteiger partial charge on any atom is 0.312 e. The topological polar surface area (TPSA) is 96.4 Å². The molecule has 0 aromatic rings. The van der Waals surface area contributed by atoms with E-state index in [1.807, 2.05) is 6.92 Å². The molecule has 3 heterocycles. The molecule has 8 heteroatoms. The third kappa shape index (κ3) is 5.19. The van der Waals surface area contributed by atoms with Gasteiger partial charge in [0.15, 0.2) is 0 Å². The number of unbranched alkanes of at least 4 members (excludes halogenated alkanes) is 2. The number of carbonyl (C=O) groups excluding carboxylic acids is 3. The standard InChI is InChI=1S/C27H42N2O6/c1-5-8-11-18-34-26(33)21-20-13-14-27(35-20)22(21)24(31)29(16-9-10-17-30)23(27)25(32)28(15-7-3)19(4)12-6-2/h5,7,19-23,30H,1,3,6,8-18H2,2,4H3/t19?,20-,21+,22-,23?,27?/m0/s1. The SMILES string of the molecule is C=CCCCOC(=O)[C@@H]1[C@@H]2CCC3(O2)C(C(=O)N(CC=C)C(C)CCC)N(CCCCO)C(=O)[C@H]13. The van der Waals surface area contributed by atoms with E-state index in [1.165, 1.54) is 0 Å². The summed E-state index contributed by atoms with van der Waals surface area (Å²) in [5.74, 6) is -2.18. The molecule has 3 aliphatic heterocycles. The van der Waals surface area contributed by atoms with E-state index >= 15 is 0 Å². The summed E-state index contributed by atoms with van der Waals surface area (Å²) < 4.78 is 12.0. The van der Waals surface area contributed by atoms with Crippen molar-refractivity contribution in [3.05, 3.63) is 25.3 Å². The van der Waals surface area contributed by atoms with Gasteiger partial charge in [0, 0.05) is 25.7 Å². The lowest BCUT2D eigenvalue weighted by Crippen LogP contribution is -2.57. The lowest BCUT2D eigenvalue weighted by Gasteiger charge is -2.39. The van der Waals surface area contributed by atoms with E-state index in [0.717, 1.165) is 19.3 Å². The van der Waals surface area contributed by atoms with Gasteiger partial charge in [0.05, 0.1) is 24.5 Å². The Balaban J connectivity index is 1.92. The number of aliphatic hydroxyl groups excluding tert-OH is 1. The molecule has 1 N–H and O–H groups in total. The molecule has 3 unspecified atom stereocenters. The first kappa shape index (κ1) is 27.4. The highest BCUT2D eigenvalue weighted by Crippen LogP contribution is 2.58. The lowest BCUT2D eigenvalue weighted by atomic mass is 9.70. The van der Waals surface area contributed by atoms with Gasteiger partial charge in [0.25, 0.3) is 0 Å². The molecule has 8 nitrogen and oxygen atoms in total. The molecule has 2 bridgehead atoms. The number of rotatable bonds is 15. The maximum atomic E-state index is 14.1. The second-order valence-corrected chi connectivity index (χ2v) is 10.0. The number of carbonyl (C=O) groups is 3. The van der Waals surface area contributed by atoms with E-state index < -0.39 is 35.6 Å². The third-order valence-corrected chi connectivity index (χ3v) is 7.76. The summed E-state index contributed by atoms with van der Waals surface area (Å²) >= 11 is 0. The van der Waals surface area contributed by atoms with Gasteiger partial charge in [-0.3, -0.25) is 14.4 Å². The fourth-order valence-electron chi connectivity index (χ4n) is 6.19. The fourth-order valence-corrected chi connectivity index (χ4v) is 6.19. The molecule has 3 fully saturated rings. The smallest absolute Gasteiger partial charge is 0.312 e. The van der Waals surface area contributed by atoms with Crippen molar-refractivity contribution in [1.29, 1.82) is 0 Å². The molecule has 0 saturated carbocycles. The van der Waals surface area contributed by atoms with E-state index in [2.05, 4.69) is 20.1 Å². The van der Waals surface area contributed by atoms with Gasteiger partial charge in [0.1, 0.15) is 11.6 Å². The Bertz CT molecular complexity index is 801. The van der Waals surface area contributed by atoms with Crippen molar-refractivity contribution in [1.82, 2.24) is 9.80 Å². The molecule has 1 spiro atoms. The van der Waals surface area contributed by atoms with Crippen LogP contribution in [0.5, 0.6) is 0 Å². The van der Waals surface area contributed by atoms with Crippen LogP contribution in [0.25, 0.3) is 0 Å². The normalized spacial score (nSPS) is 29.7. The van der Waals surface area contributed by atoms with Crippen molar-refractivity contribution >= 4 is 17.8 Å². The van der Waals surface area contributed by atoms with Crippen molar-refractivity contribution in [3.63, 3.8) is 0 Å². The predicted octanol–water partition coefficient (Wildman–Crippen LogP) is 2.85. The first-order valence-electron chi connectivity index (χ1n) is 13.2. The van der Waals surface area contributed by atoms with Crippen LogP contribution in [0.3, 0.4) is 0 Å². The molecule has 0 aromatic carbocycles. The van der Waals surface area contributed by atoms with Crippen molar-refractivity contribution in [2.45, 2.75) is 89.0 Å². The average Bonchev–Trinajstić information content (AvgIpc) is 3.48. The fraction of sp³-hybridized carbons (Fsp3) is 0.741. The first-order valence-corrected chi connectivity index (χ1v) is 13.2. The maximum absolute atomic E-state index is 14.1. The van der Waals surface area contributed by atoms with E-state index in [-0.39, 0.29) is 31.1 Å². The molecule has 3 aliphatic rings. The van der Waals surface area contributed by atoms with Crippen LogP contribution in [0.2, 0.25) is 0 Å². The molecule has 35 heavy (non-hydrogen) atoms. The molecule has 196 valence electrons.